The van der Waals surface area contributed by atoms with Gasteiger partial charge in [0.15, 0.2) is 0 Å². The molecule has 0 aromatic rings. The van der Waals surface area contributed by atoms with Crippen LogP contribution in [0.5, 0.6) is 0 Å². The summed E-state index contributed by atoms with van der Waals surface area (Å²) >= 11 is 0. The molecule has 9 heteroatoms. The van der Waals surface area contributed by atoms with Crippen LogP contribution < -0.4 is 0 Å². The van der Waals surface area contributed by atoms with Crippen LogP contribution in [0.25, 0.3) is 0 Å². The third-order valence-corrected chi connectivity index (χ3v) is 8.80. The first-order chi connectivity index (χ1) is 17.6. The van der Waals surface area contributed by atoms with Crippen LogP contribution in [0.15, 0.2) is 24.3 Å². The first-order valence-electron chi connectivity index (χ1n) is 15.6. The van der Waals surface area contributed by atoms with Gasteiger partial charge in [-0.05, 0) is 36.5 Å². The van der Waals surface area contributed by atoms with Crippen molar-refractivity contribution in [1.82, 2.24) is 0 Å². The second-order valence-corrected chi connectivity index (χ2v) is 12.4. The molecule has 0 N–H and O–H groups in total. The summed E-state index contributed by atoms with van der Waals surface area (Å²) < 4.78 is 0. The molecule has 0 saturated heterocycles. The summed E-state index contributed by atoms with van der Waals surface area (Å²) in [6, 6.07) is 0. The van der Waals surface area contributed by atoms with E-state index in [-0.39, 0.29) is 190 Å². The zero-order valence-electron chi connectivity index (χ0n) is 28.6. The molecule has 258 valence electrons. The Morgan fingerprint density at radius 2 is 0.889 bits per heavy atom. The van der Waals surface area contributed by atoms with Crippen LogP contribution >= 0.6 is 0 Å². The van der Waals surface area contributed by atoms with E-state index in [1.807, 2.05) is 60.8 Å². The maximum atomic E-state index is 2.53. The van der Waals surface area contributed by atoms with Gasteiger partial charge in [0.2, 0.25) is 0 Å². The van der Waals surface area contributed by atoms with E-state index >= 15 is 0 Å². The van der Waals surface area contributed by atoms with Crippen LogP contribution in [-0.2, 0) is 190 Å². The summed E-state index contributed by atoms with van der Waals surface area (Å²) in [6.45, 7) is 12.0. The van der Waals surface area contributed by atoms with Crippen molar-refractivity contribution in [2.24, 2.45) is 47.3 Å². The first kappa shape index (κ1) is 68.7. The van der Waals surface area contributed by atoms with Crippen LogP contribution in [0.1, 0.15) is 119 Å². The molecule has 7 rings (SSSR count). The van der Waals surface area contributed by atoms with E-state index in [1.165, 1.54) is 70.6 Å². The Bertz CT molecular complexity index is 587. The molecule has 8 atom stereocenters. The Morgan fingerprint density at radius 3 is 1.31 bits per heavy atom. The van der Waals surface area contributed by atoms with Crippen LogP contribution in [-0.4, -0.2) is 0 Å². The average Bonchev–Trinajstić information content (AvgIpc) is 3.64. The van der Waals surface area contributed by atoms with Gasteiger partial charge in [-0.25, -0.2) is 0 Å². The monoisotopic (exact) mass is 2150 g/mol. The van der Waals surface area contributed by atoms with E-state index in [9.17, 15) is 0 Å². The summed E-state index contributed by atoms with van der Waals surface area (Å²) in [5.41, 5.74) is 0. The second-order valence-electron chi connectivity index (χ2n) is 12.4. The SMILES string of the molecule is C1=CC2C3C[CH-]CC(C3)C2C1.C1=CC2C[CH-]CC1C2.C[CH-]C.C[CH-]C.C[CH-]C.[CH-]1CC2CCC(C1)C2.[W+2].[W+2].[W+2].[W].[W].[W].[W].[W].[W]. The van der Waals surface area contributed by atoms with Crippen LogP contribution in [0.2, 0.25) is 0 Å². The maximum Gasteiger partial charge on any atom is 2.00 e. The minimum Gasteiger partial charge on any atom is -0.335 e. The largest absolute Gasteiger partial charge is 2.00 e. The number of allylic oxidation sites excluding steroid dienone is 4. The summed E-state index contributed by atoms with van der Waals surface area (Å²) in [5, 5.41) is 0. The van der Waals surface area contributed by atoms with Crippen molar-refractivity contribution >= 4 is 0 Å². The van der Waals surface area contributed by atoms with Gasteiger partial charge in [0, 0.05) is 126 Å². The Hall–Kier alpha value is 5.67. The van der Waals surface area contributed by atoms with E-state index < -0.39 is 0 Å². The van der Waals surface area contributed by atoms with Crippen molar-refractivity contribution in [2.75, 3.05) is 0 Å². The molecule has 0 aliphatic heterocycles. The molecule has 0 nitrogen and oxygen atoms in total. The Morgan fingerprint density at radius 1 is 0.489 bits per heavy atom. The zero-order valence-corrected chi connectivity index (χ0v) is 55.0. The van der Waals surface area contributed by atoms with E-state index in [1.54, 1.807) is 6.42 Å². The zero-order chi connectivity index (χ0) is 26.2. The standard InChI is InChI=1S/C11H15.C8H13.C8H11.3C3H7.9W/c1-3-8-7-9(4-1)11-6-2-5-10(8)11;2*1-2-7-4-5-8(3-1)6-7;3*1-3-2;;;;;;;;;/h1-2,5,8-11H,3-4,6-7H2;1,7-8H,2-6H2;1,4-5,7-8H,2-3,6H2;3*3H,1-2H3;;;;;;;;;/q6*-1;;;;;;;3*+2. The first-order valence-corrected chi connectivity index (χ1v) is 15.6. The summed E-state index contributed by atoms with van der Waals surface area (Å²) in [7, 11) is 0. The fraction of sp³-hybridized carbons (Fsp3) is 0.722. The van der Waals surface area contributed by atoms with Gasteiger partial charge in [-0.15, -0.1) is 0 Å². The third-order valence-electron chi connectivity index (χ3n) is 8.80. The van der Waals surface area contributed by atoms with Crippen LogP contribution in [0, 0.1) is 85.9 Å². The van der Waals surface area contributed by atoms with Crippen molar-refractivity contribution < 1.29 is 190 Å². The molecule has 0 amide bonds. The third kappa shape index (κ3) is 27.8. The molecule has 0 heterocycles. The predicted octanol–water partition coefficient (Wildman–Crippen LogP) is 11.1. The normalized spacial score (nSPS) is 29.8. The number of hydrogen-bond donors (Lipinski definition) is 0. The van der Waals surface area contributed by atoms with E-state index in [4.69, 9.17) is 0 Å². The van der Waals surface area contributed by atoms with Crippen LogP contribution in [0.3, 0.4) is 0 Å². The van der Waals surface area contributed by atoms with E-state index in [2.05, 4.69) is 43.6 Å². The molecule has 8 unspecified atom stereocenters. The summed E-state index contributed by atoms with van der Waals surface area (Å²) in [6.07, 6.45) is 40.5. The molecular formula is C36H60W9. The molecule has 0 spiro atoms. The number of fused-ring (bicyclic) bond motifs is 9. The van der Waals surface area contributed by atoms with Crippen molar-refractivity contribution in [2.45, 2.75) is 119 Å². The molecule has 6 bridgehead atoms. The molecule has 0 radical (unpaired) electrons. The maximum absolute atomic E-state index is 2.53. The molecule has 45 heavy (non-hydrogen) atoms. The topological polar surface area (TPSA) is 0 Å². The minimum atomic E-state index is 0. The van der Waals surface area contributed by atoms with Crippen molar-refractivity contribution in [3.8, 4) is 0 Å². The number of hydrogen-bond acceptors (Lipinski definition) is 0. The van der Waals surface area contributed by atoms with Gasteiger partial charge in [0.1, 0.15) is 0 Å². The minimum absolute atomic E-state index is 0. The van der Waals surface area contributed by atoms with Crippen molar-refractivity contribution in [3.05, 3.63) is 62.8 Å². The van der Waals surface area contributed by atoms with E-state index in [0.717, 1.165) is 47.3 Å². The van der Waals surface area contributed by atoms with Gasteiger partial charge in [0.25, 0.3) is 0 Å². The molecule has 0 aromatic heterocycles. The Labute approximate surface area is 412 Å². The molecular weight excluding hydrogens is 2090 g/mol. The van der Waals surface area contributed by atoms with Gasteiger partial charge in [-0.2, -0.15) is 80.1 Å². The van der Waals surface area contributed by atoms with Gasteiger partial charge in [-0.3, -0.25) is 0 Å². The van der Waals surface area contributed by atoms with Gasteiger partial charge >= 0.3 is 63.2 Å². The van der Waals surface area contributed by atoms with Crippen LogP contribution in [0.4, 0.5) is 0 Å². The molecule has 0 aromatic carbocycles. The summed E-state index contributed by atoms with van der Waals surface area (Å²) in [4.78, 5) is 0. The fourth-order valence-corrected chi connectivity index (χ4v) is 7.38. The summed E-state index contributed by atoms with van der Waals surface area (Å²) in [5.74, 6) is 8.20. The molecule has 7 aliphatic carbocycles. The van der Waals surface area contributed by atoms with Crippen molar-refractivity contribution in [3.63, 3.8) is 0 Å². The number of rotatable bonds is 0. The van der Waals surface area contributed by atoms with Crippen molar-refractivity contribution in [1.29, 1.82) is 0 Å². The fourth-order valence-electron chi connectivity index (χ4n) is 7.38. The second kappa shape index (κ2) is 44.1. The average molecular weight is 2150 g/mol. The molecule has 5 saturated carbocycles. The van der Waals surface area contributed by atoms with Gasteiger partial charge < -0.3 is 38.5 Å². The molecule has 5 fully saturated rings. The quantitative estimate of drug-likeness (QED) is 0.168. The van der Waals surface area contributed by atoms with E-state index in [0.29, 0.717) is 0 Å². The smallest absolute Gasteiger partial charge is 0.335 e. The predicted molar refractivity (Wildman–Crippen MR) is 161 cm³/mol. The van der Waals surface area contributed by atoms with Gasteiger partial charge in [0.05, 0.1) is 0 Å². The van der Waals surface area contributed by atoms with Gasteiger partial charge in [-0.1, -0.05) is 73.7 Å². The Balaban J connectivity index is -0.0000000624. The molecule has 7 aliphatic rings. The Kier molecular flexibility index (Phi) is 67.3.